The number of anilines is 1. The van der Waals surface area contributed by atoms with Crippen molar-refractivity contribution in [1.82, 2.24) is 4.98 Å². The van der Waals surface area contributed by atoms with Gasteiger partial charge in [-0.15, -0.1) is 11.3 Å². The Labute approximate surface area is 121 Å². The van der Waals surface area contributed by atoms with Crippen molar-refractivity contribution >= 4 is 38.8 Å². The first-order chi connectivity index (χ1) is 9.22. The van der Waals surface area contributed by atoms with Crippen LogP contribution >= 0.6 is 22.9 Å². The van der Waals surface area contributed by atoms with Gasteiger partial charge >= 0.3 is 0 Å². The third-order valence-corrected chi connectivity index (χ3v) is 4.17. The molecule has 1 N–H and O–H groups in total. The van der Waals surface area contributed by atoms with Crippen LogP contribution in [0.5, 0.6) is 0 Å². The van der Waals surface area contributed by atoms with Gasteiger partial charge in [0.05, 0.1) is 15.7 Å². The zero-order chi connectivity index (χ0) is 13.2. The van der Waals surface area contributed by atoms with Gasteiger partial charge in [0.25, 0.3) is 0 Å². The number of nitrogens with zero attached hydrogens (tertiary/aromatic N) is 1. The van der Waals surface area contributed by atoms with E-state index in [2.05, 4.69) is 28.5 Å². The molecule has 0 fully saturated rings. The smallest absolute Gasteiger partial charge is 0.0813 e. The van der Waals surface area contributed by atoms with Crippen LogP contribution in [-0.2, 0) is 6.54 Å². The zero-order valence-corrected chi connectivity index (χ0v) is 12.1. The van der Waals surface area contributed by atoms with Crippen molar-refractivity contribution in [3.8, 4) is 0 Å². The molecular weight excluding hydrogens is 276 g/mol. The van der Waals surface area contributed by atoms with Gasteiger partial charge in [-0.1, -0.05) is 23.7 Å². The number of aryl methyl sites for hydroxylation is 1. The lowest BCUT2D eigenvalue weighted by Gasteiger charge is -2.08. The molecule has 0 aliphatic rings. The summed E-state index contributed by atoms with van der Waals surface area (Å²) in [7, 11) is 0. The summed E-state index contributed by atoms with van der Waals surface area (Å²) in [5.74, 6) is 0. The topological polar surface area (TPSA) is 24.9 Å². The minimum absolute atomic E-state index is 0.726. The lowest BCUT2D eigenvalue weighted by Crippen LogP contribution is -2.00. The molecule has 1 heterocycles. The van der Waals surface area contributed by atoms with E-state index in [4.69, 9.17) is 11.6 Å². The summed E-state index contributed by atoms with van der Waals surface area (Å²) in [4.78, 5) is 4.27. The second-order valence-electron chi connectivity index (χ2n) is 4.48. The van der Waals surface area contributed by atoms with Crippen molar-refractivity contribution in [1.29, 1.82) is 0 Å². The molecule has 1 aromatic heterocycles. The number of fused-ring (bicyclic) bond motifs is 1. The third kappa shape index (κ3) is 2.72. The molecular formula is C15H13ClN2S. The number of benzene rings is 2. The van der Waals surface area contributed by atoms with Gasteiger partial charge in [-0.3, -0.25) is 0 Å². The minimum Gasteiger partial charge on any atom is -0.381 e. The molecule has 0 saturated carbocycles. The number of hydrogen-bond acceptors (Lipinski definition) is 3. The van der Waals surface area contributed by atoms with E-state index in [1.54, 1.807) is 11.3 Å². The van der Waals surface area contributed by atoms with Crippen LogP contribution in [0.15, 0.2) is 41.9 Å². The summed E-state index contributed by atoms with van der Waals surface area (Å²) in [5, 5.41) is 4.21. The predicted octanol–water partition coefficient (Wildman–Crippen LogP) is 4.87. The molecule has 0 unspecified atom stereocenters. The van der Waals surface area contributed by atoms with Crippen molar-refractivity contribution in [3.05, 3.63) is 58.1 Å². The van der Waals surface area contributed by atoms with Crippen LogP contribution in [0.1, 0.15) is 11.1 Å². The average Bonchev–Trinajstić information content (AvgIpc) is 2.85. The van der Waals surface area contributed by atoms with E-state index >= 15 is 0 Å². The first kappa shape index (κ1) is 12.5. The number of aromatic nitrogens is 1. The maximum Gasteiger partial charge on any atom is 0.0813 e. The van der Waals surface area contributed by atoms with E-state index in [-0.39, 0.29) is 0 Å². The Morgan fingerprint density at radius 2 is 2.11 bits per heavy atom. The fraction of sp³-hybridized carbons (Fsp3) is 0.133. The van der Waals surface area contributed by atoms with Crippen molar-refractivity contribution in [3.63, 3.8) is 0 Å². The third-order valence-electron chi connectivity index (χ3n) is 3.02. The van der Waals surface area contributed by atoms with E-state index in [0.717, 1.165) is 28.3 Å². The normalized spacial score (nSPS) is 10.8. The molecule has 2 nitrogen and oxygen atoms in total. The van der Waals surface area contributed by atoms with Crippen LogP contribution in [0, 0.1) is 6.92 Å². The molecule has 0 spiro atoms. The fourth-order valence-electron chi connectivity index (χ4n) is 1.96. The van der Waals surface area contributed by atoms with Gasteiger partial charge in [-0.25, -0.2) is 4.98 Å². The van der Waals surface area contributed by atoms with Crippen molar-refractivity contribution < 1.29 is 0 Å². The van der Waals surface area contributed by atoms with Crippen LogP contribution in [0.25, 0.3) is 10.2 Å². The molecule has 0 saturated heterocycles. The summed E-state index contributed by atoms with van der Waals surface area (Å²) in [6, 6.07) is 12.3. The van der Waals surface area contributed by atoms with E-state index < -0.39 is 0 Å². The molecule has 3 rings (SSSR count). The number of nitrogens with one attached hydrogen (secondary N) is 1. The fourth-order valence-corrected chi connectivity index (χ4v) is 2.98. The van der Waals surface area contributed by atoms with Crippen LogP contribution in [0.2, 0.25) is 5.02 Å². The van der Waals surface area contributed by atoms with Crippen molar-refractivity contribution in [2.75, 3.05) is 5.32 Å². The molecule has 0 aliphatic carbocycles. The van der Waals surface area contributed by atoms with Crippen molar-refractivity contribution in [2.45, 2.75) is 13.5 Å². The maximum absolute atomic E-state index is 6.23. The van der Waals surface area contributed by atoms with Crippen LogP contribution < -0.4 is 5.32 Å². The average molecular weight is 289 g/mol. The summed E-state index contributed by atoms with van der Waals surface area (Å²) in [6.45, 7) is 2.77. The maximum atomic E-state index is 6.23. The highest BCUT2D eigenvalue weighted by atomic mass is 35.5. The van der Waals surface area contributed by atoms with E-state index in [1.165, 1.54) is 10.3 Å². The number of thiazole rings is 1. The monoisotopic (exact) mass is 288 g/mol. The highest BCUT2D eigenvalue weighted by Crippen LogP contribution is 2.23. The van der Waals surface area contributed by atoms with Crippen LogP contribution in [-0.4, -0.2) is 4.98 Å². The molecule has 0 amide bonds. The molecule has 96 valence electrons. The summed E-state index contributed by atoms with van der Waals surface area (Å²) in [5.41, 5.74) is 6.29. The van der Waals surface area contributed by atoms with Gasteiger partial charge in [-0.05, 0) is 42.3 Å². The summed E-state index contributed by atoms with van der Waals surface area (Å²) in [6.07, 6.45) is 0. The zero-order valence-electron chi connectivity index (χ0n) is 10.5. The van der Waals surface area contributed by atoms with E-state index in [1.807, 2.05) is 30.6 Å². The summed E-state index contributed by atoms with van der Waals surface area (Å²) < 4.78 is 1.19. The molecule has 4 heteroatoms. The first-order valence-electron chi connectivity index (χ1n) is 6.04. The highest BCUT2D eigenvalue weighted by Gasteiger charge is 2.02. The van der Waals surface area contributed by atoms with E-state index in [9.17, 15) is 0 Å². The van der Waals surface area contributed by atoms with Gasteiger partial charge in [0.2, 0.25) is 0 Å². The van der Waals surface area contributed by atoms with Gasteiger partial charge in [-0.2, -0.15) is 0 Å². The molecule has 0 aliphatic heterocycles. The number of halogens is 1. The molecule has 19 heavy (non-hydrogen) atoms. The Balaban J connectivity index is 1.77. The standard InChI is InChI=1S/C15H13ClN2S/c1-10-2-3-11(13(16)6-10)8-17-12-4-5-14-15(7-12)19-9-18-14/h2-7,9,17H,8H2,1H3. The Hall–Kier alpha value is -1.58. The quantitative estimate of drug-likeness (QED) is 0.744. The first-order valence-corrected chi connectivity index (χ1v) is 7.30. The molecule has 0 radical (unpaired) electrons. The SMILES string of the molecule is Cc1ccc(CNc2ccc3ncsc3c2)c(Cl)c1. The van der Waals surface area contributed by atoms with E-state index in [0.29, 0.717) is 0 Å². The highest BCUT2D eigenvalue weighted by molar-refractivity contribution is 7.16. The van der Waals surface area contributed by atoms with Gasteiger partial charge in [0.15, 0.2) is 0 Å². The largest absolute Gasteiger partial charge is 0.381 e. The Morgan fingerprint density at radius 1 is 1.21 bits per heavy atom. The Bertz CT molecular complexity index is 721. The van der Waals surface area contributed by atoms with Gasteiger partial charge < -0.3 is 5.32 Å². The van der Waals surface area contributed by atoms with Gasteiger partial charge in [0.1, 0.15) is 0 Å². The molecule has 0 bridgehead atoms. The second-order valence-corrected chi connectivity index (χ2v) is 5.78. The van der Waals surface area contributed by atoms with Gasteiger partial charge in [0, 0.05) is 17.3 Å². The van der Waals surface area contributed by atoms with Crippen LogP contribution in [0.4, 0.5) is 5.69 Å². The second kappa shape index (κ2) is 5.19. The van der Waals surface area contributed by atoms with Crippen molar-refractivity contribution in [2.24, 2.45) is 0 Å². The Morgan fingerprint density at radius 3 is 2.95 bits per heavy atom. The predicted molar refractivity (Wildman–Crippen MR) is 83.1 cm³/mol. The molecule has 2 aromatic carbocycles. The Kier molecular flexibility index (Phi) is 3.40. The number of hydrogen-bond donors (Lipinski definition) is 1. The lowest BCUT2D eigenvalue weighted by molar-refractivity contribution is 1.15. The molecule has 0 atom stereocenters. The molecule has 3 aromatic rings. The minimum atomic E-state index is 0.726. The number of rotatable bonds is 3. The summed E-state index contributed by atoms with van der Waals surface area (Å²) >= 11 is 7.88. The lowest BCUT2D eigenvalue weighted by atomic mass is 10.1. The van der Waals surface area contributed by atoms with Crippen LogP contribution in [0.3, 0.4) is 0 Å².